The normalized spacial score (nSPS) is 21.5. The van der Waals surface area contributed by atoms with Gasteiger partial charge in [0.2, 0.25) is 11.6 Å². The van der Waals surface area contributed by atoms with Gasteiger partial charge in [-0.05, 0) is 17.7 Å². The van der Waals surface area contributed by atoms with Crippen LogP contribution in [0.4, 0.5) is 4.39 Å². The Morgan fingerprint density at radius 3 is 2.86 bits per heavy atom. The summed E-state index contributed by atoms with van der Waals surface area (Å²) in [4.78, 5) is 24.0. The molecular formula is C14H15ClFNO3S. The Morgan fingerprint density at radius 1 is 1.48 bits per heavy atom. The summed E-state index contributed by atoms with van der Waals surface area (Å²) in [5.74, 6) is -0.908. The van der Waals surface area contributed by atoms with Gasteiger partial charge in [0.05, 0.1) is 12.3 Å². The summed E-state index contributed by atoms with van der Waals surface area (Å²) in [7, 11) is 0. The molecule has 1 unspecified atom stereocenters. The van der Waals surface area contributed by atoms with Crippen molar-refractivity contribution >= 4 is 35.2 Å². The van der Waals surface area contributed by atoms with E-state index in [4.69, 9.17) is 16.7 Å². The zero-order valence-electron chi connectivity index (χ0n) is 11.2. The van der Waals surface area contributed by atoms with Crippen molar-refractivity contribution in [2.75, 3.05) is 18.8 Å². The molecule has 21 heavy (non-hydrogen) atoms. The summed E-state index contributed by atoms with van der Waals surface area (Å²) in [5.41, 5.74) is -1.29. The summed E-state index contributed by atoms with van der Waals surface area (Å²) in [6.45, 7) is -0.210. The molecule has 114 valence electrons. The summed E-state index contributed by atoms with van der Waals surface area (Å²) >= 11 is 7.27. The number of amides is 1. The molecule has 1 N–H and O–H groups in total. The maximum absolute atomic E-state index is 13.9. The van der Waals surface area contributed by atoms with Gasteiger partial charge in [-0.3, -0.25) is 4.79 Å². The van der Waals surface area contributed by atoms with Crippen LogP contribution in [-0.2, 0) is 15.3 Å². The first-order valence-corrected chi connectivity index (χ1v) is 7.96. The zero-order valence-corrected chi connectivity index (χ0v) is 12.8. The minimum Gasteiger partial charge on any atom is -0.479 e. The Labute approximate surface area is 131 Å². The molecule has 1 atom stereocenters. The number of aliphatic carboxylic acids is 1. The topological polar surface area (TPSA) is 57.6 Å². The van der Waals surface area contributed by atoms with E-state index in [1.807, 2.05) is 18.2 Å². The Balaban J connectivity index is 1.79. The lowest BCUT2D eigenvalue weighted by molar-refractivity contribution is -0.150. The molecular weight excluding hydrogens is 317 g/mol. The number of carbonyl (C=O) groups is 2. The minimum atomic E-state index is -2.30. The van der Waals surface area contributed by atoms with Crippen molar-refractivity contribution in [3.63, 3.8) is 0 Å². The standard InChI is InChI=1S/C14H15ClFNO3S/c15-11-3-1-2-10(6-11)7-21-8-12(18)17-5-4-14(16,9-17)13(19)20/h1-3,6H,4-5,7-9H2,(H,19,20). The molecule has 1 aromatic carbocycles. The quantitative estimate of drug-likeness (QED) is 0.901. The number of hydrogen-bond acceptors (Lipinski definition) is 3. The van der Waals surface area contributed by atoms with Crippen LogP contribution in [0.25, 0.3) is 0 Å². The molecule has 0 aliphatic carbocycles. The molecule has 2 rings (SSSR count). The molecule has 1 aliphatic heterocycles. The molecule has 0 aromatic heterocycles. The van der Waals surface area contributed by atoms with Crippen LogP contribution >= 0.6 is 23.4 Å². The van der Waals surface area contributed by atoms with Crippen LogP contribution in [0.2, 0.25) is 5.02 Å². The number of carboxylic acids is 1. The van der Waals surface area contributed by atoms with E-state index in [-0.39, 0.29) is 31.2 Å². The van der Waals surface area contributed by atoms with Gasteiger partial charge in [-0.25, -0.2) is 9.18 Å². The smallest absolute Gasteiger partial charge is 0.343 e. The average molecular weight is 332 g/mol. The fraction of sp³-hybridized carbons (Fsp3) is 0.429. The van der Waals surface area contributed by atoms with Gasteiger partial charge in [0.1, 0.15) is 0 Å². The van der Waals surface area contributed by atoms with Crippen molar-refractivity contribution < 1.29 is 19.1 Å². The first-order valence-electron chi connectivity index (χ1n) is 6.43. The maximum atomic E-state index is 13.9. The van der Waals surface area contributed by atoms with Crippen LogP contribution in [-0.4, -0.2) is 46.4 Å². The number of alkyl halides is 1. The van der Waals surface area contributed by atoms with E-state index in [0.717, 1.165) is 5.56 Å². The molecule has 0 spiro atoms. The molecule has 7 heteroatoms. The van der Waals surface area contributed by atoms with Crippen LogP contribution in [0.5, 0.6) is 0 Å². The third kappa shape index (κ3) is 4.11. The second-order valence-corrected chi connectivity index (χ2v) is 6.38. The van der Waals surface area contributed by atoms with Crippen molar-refractivity contribution in [1.82, 2.24) is 4.90 Å². The molecule has 4 nitrogen and oxygen atoms in total. The van der Waals surface area contributed by atoms with E-state index in [1.165, 1.54) is 16.7 Å². The summed E-state index contributed by atoms with van der Waals surface area (Å²) < 4.78 is 13.9. The van der Waals surface area contributed by atoms with Crippen LogP contribution in [0, 0.1) is 0 Å². The van der Waals surface area contributed by atoms with E-state index in [9.17, 15) is 14.0 Å². The molecule has 1 amide bonds. The van der Waals surface area contributed by atoms with Gasteiger partial charge in [0, 0.05) is 23.7 Å². The number of nitrogens with zero attached hydrogens (tertiary/aromatic N) is 1. The van der Waals surface area contributed by atoms with Gasteiger partial charge in [-0.2, -0.15) is 0 Å². The monoisotopic (exact) mass is 331 g/mol. The summed E-state index contributed by atoms with van der Waals surface area (Å²) in [6.07, 6.45) is -0.146. The molecule has 1 fully saturated rings. The lowest BCUT2D eigenvalue weighted by atomic mass is 10.1. The molecule has 0 radical (unpaired) electrons. The molecule has 1 aromatic rings. The van der Waals surface area contributed by atoms with Gasteiger partial charge in [-0.15, -0.1) is 11.8 Å². The van der Waals surface area contributed by atoms with Gasteiger partial charge in [-0.1, -0.05) is 23.7 Å². The fourth-order valence-corrected chi connectivity index (χ4v) is 3.22. The Hall–Kier alpha value is -1.27. The van der Waals surface area contributed by atoms with E-state index < -0.39 is 11.6 Å². The summed E-state index contributed by atoms with van der Waals surface area (Å²) in [5, 5.41) is 9.43. The largest absolute Gasteiger partial charge is 0.479 e. The maximum Gasteiger partial charge on any atom is 0.343 e. The van der Waals surface area contributed by atoms with Gasteiger partial charge in [0.25, 0.3) is 0 Å². The molecule has 1 saturated heterocycles. The zero-order chi connectivity index (χ0) is 15.5. The number of hydrogen-bond donors (Lipinski definition) is 1. The second-order valence-electron chi connectivity index (χ2n) is 4.96. The van der Waals surface area contributed by atoms with Crippen LogP contribution in [0.1, 0.15) is 12.0 Å². The number of carbonyl (C=O) groups excluding carboxylic acids is 1. The highest BCUT2D eigenvalue weighted by Crippen LogP contribution is 2.26. The third-order valence-corrected chi connectivity index (χ3v) is 4.56. The Kier molecular flexibility index (Phi) is 5.11. The van der Waals surface area contributed by atoms with Crippen LogP contribution in [0.3, 0.4) is 0 Å². The highest BCUT2D eigenvalue weighted by molar-refractivity contribution is 7.99. The number of rotatable bonds is 5. The predicted octanol–water partition coefficient (Wildman–Crippen LogP) is 2.60. The van der Waals surface area contributed by atoms with Crippen molar-refractivity contribution in [1.29, 1.82) is 0 Å². The minimum absolute atomic E-state index is 0.146. The van der Waals surface area contributed by atoms with E-state index >= 15 is 0 Å². The van der Waals surface area contributed by atoms with Gasteiger partial charge < -0.3 is 10.0 Å². The van der Waals surface area contributed by atoms with E-state index in [1.54, 1.807) is 6.07 Å². The first-order chi connectivity index (χ1) is 9.90. The molecule has 0 bridgehead atoms. The fourth-order valence-electron chi connectivity index (χ4n) is 2.13. The number of likely N-dealkylation sites (tertiary alicyclic amines) is 1. The predicted molar refractivity (Wildman–Crippen MR) is 80.3 cm³/mol. The van der Waals surface area contributed by atoms with Crippen molar-refractivity contribution in [2.24, 2.45) is 0 Å². The molecule has 1 aliphatic rings. The lowest BCUT2D eigenvalue weighted by Crippen LogP contribution is -2.39. The summed E-state index contributed by atoms with van der Waals surface area (Å²) in [6, 6.07) is 7.35. The van der Waals surface area contributed by atoms with Gasteiger partial charge >= 0.3 is 5.97 Å². The van der Waals surface area contributed by atoms with Gasteiger partial charge in [0.15, 0.2) is 0 Å². The number of thioether (sulfide) groups is 1. The second kappa shape index (κ2) is 6.66. The highest BCUT2D eigenvalue weighted by Gasteiger charge is 2.46. The van der Waals surface area contributed by atoms with Crippen molar-refractivity contribution in [3.8, 4) is 0 Å². The third-order valence-electron chi connectivity index (χ3n) is 3.34. The number of carboxylic acid groups (broad SMARTS) is 1. The first kappa shape index (κ1) is 16.1. The Bertz CT molecular complexity index is 557. The SMILES string of the molecule is O=C(CSCc1cccc(Cl)c1)N1CCC(F)(C(=O)O)C1. The number of benzene rings is 1. The van der Waals surface area contributed by atoms with E-state index in [0.29, 0.717) is 10.8 Å². The Morgan fingerprint density at radius 2 is 2.24 bits per heavy atom. The van der Waals surface area contributed by atoms with Crippen molar-refractivity contribution in [3.05, 3.63) is 34.9 Å². The van der Waals surface area contributed by atoms with Crippen LogP contribution < -0.4 is 0 Å². The number of halogens is 2. The lowest BCUT2D eigenvalue weighted by Gasteiger charge is -2.17. The molecule has 1 heterocycles. The highest BCUT2D eigenvalue weighted by atomic mass is 35.5. The van der Waals surface area contributed by atoms with E-state index in [2.05, 4.69) is 0 Å². The average Bonchev–Trinajstić information content (AvgIpc) is 2.83. The van der Waals surface area contributed by atoms with Crippen molar-refractivity contribution in [2.45, 2.75) is 17.8 Å². The molecule has 0 saturated carbocycles. The van der Waals surface area contributed by atoms with Crippen LogP contribution in [0.15, 0.2) is 24.3 Å².